The highest BCUT2D eigenvalue weighted by Gasteiger charge is 2.20. The summed E-state index contributed by atoms with van der Waals surface area (Å²) in [5.74, 6) is 1.33. The summed E-state index contributed by atoms with van der Waals surface area (Å²) in [5.41, 5.74) is 5.57. The van der Waals surface area contributed by atoms with Gasteiger partial charge in [-0.1, -0.05) is 25.9 Å². The maximum Gasteiger partial charge on any atom is 0.226 e. The first-order valence-electron chi connectivity index (χ1n) is 8.88. The summed E-state index contributed by atoms with van der Waals surface area (Å²) < 4.78 is 10.6. The number of ether oxygens (including phenoxy) is 1. The highest BCUT2D eigenvalue weighted by molar-refractivity contribution is 5.90. The molecule has 8 nitrogen and oxygen atoms in total. The Morgan fingerprint density at radius 1 is 1.19 bits per heavy atom. The van der Waals surface area contributed by atoms with Gasteiger partial charge in [0.25, 0.3) is 0 Å². The minimum absolute atomic E-state index is 0.0899. The summed E-state index contributed by atoms with van der Waals surface area (Å²) in [6.45, 7) is 6.28. The van der Waals surface area contributed by atoms with E-state index in [2.05, 4.69) is 15.5 Å². The highest BCUT2D eigenvalue weighted by atomic mass is 16.5. The molecule has 0 fully saturated rings. The Hall–Kier alpha value is -2.90. The molecule has 2 aromatic rings. The van der Waals surface area contributed by atoms with Crippen molar-refractivity contribution in [1.29, 1.82) is 0 Å². The fourth-order valence-corrected chi connectivity index (χ4v) is 2.19. The molecule has 0 aliphatic carbocycles. The smallest absolute Gasteiger partial charge is 0.226 e. The number of nitrogens with two attached hydrogens (primary N) is 1. The van der Waals surface area contributed by atoms with Gasteiger partial charge in [-0.25, -0.2) is 0 Å². The number of primary amides is 1. The van der Waals surface area contributed by atoms with Crippen LogP contribution in [0.1, 0.15) is 51.7 Å². The first-order valence-corrected chi connectivity index (χ1v) is 8.88. The van der Waals surface area contributed by atoms with Gasteiger partial charge in [0, 0.05) is 23.9 Å². The average molecular weight is 374 g/mol. The lowest BCUT2D eigenvalue weighted by Crippen LogP contribution is -2.14. The second-order valence-electron chi connectivity index (χ2n) is 7.25. The lowest BCUT2D eigenvalue weighted by Gasteiger charge is -2.10. The van der Waals surface area contributed by atoms with E-state index in [1.54, 1.807) is 24.3 Å². The van der Waals surface area contributed by atoms with Gasteiger partial charge >= 0.3 is 0 Å². The first kappa shape index (κ1) is 20.4. The van der Waals surface area contributed by atoms with Crippen LogP contribution >= 0.6 is 0 Å². The zero-order chi connectivity index (χ0) is 19.9. The largest absolute Gasteiger partial charge is 0.493 e. The number of hydrogen-bond acceptors (Lipinski definition) is 6. The van der Waals surface area contributed by atoms with Crippen molar-refractivity contribution in [2.45, 2.75) is 51.9 Å². The Morgan fingerprint density at radius 3 is 2.48 bits per heavy atom. The van der Waals surface area contributed by atoms with Crippen molar-refractivity contribution in [3.63, 3.8) is 0 Å². The first-order chi connectivity index (χ1) is 12.7. The van der Waals surface area contributed by atoms with Crippen LogP contribution in [0.4, 0.5) is 5.69 Å². The Balaban J connectivity index is 1.72. The number of amides is 2. The zero-order valence-electron chi connectivity index (χ0n) is 15.9. The van der Waals surface area contributed by atoms with Crippen molar-refractivity contribution in [1.82, 2.24) is 10.1 Å². The lowest BCUT2D eigenvalue weighted by molar-refractivity contribution is -0.118. The van der Waals surface area contributed by atoms with Gasteiger partial charge in [0.1, 0.15) is 5.75 Å². The molecule has 1 aromatic heterocycles. The van der Waals surface area contributed by atoms with Crippen LogP contribution in [0.15, 0.2) is 28.8 Å². The molecule has 0 aliphatic rings. The van der Waals surface area contributed by atoms with Crippen molar-refractivity contribution < 1.29 is 18.8 Å². The average Bonchev–Trinajstić information content (AvgIpc) is 3.05. The quantitative estimate of drug-likeness (QED) is 0.696. The molecule has 0 bridgehead atoms. The number of hydrogen-bond donors (Lipinski definition) is 2. The molecule has 0 aliphatic heterocycles. The number of anilines is 1. The normalized spacial score (nSPS) is 11.2. The van der Waals surface area contributed by atoms with Crippen LogP contribution in [0.3, 0.4) is 0 Å². The summed E-state index contributed by atoms with van der Waals surface area (Å²) in [6.07, 6.45) is 1.69. The molecule has 0 saturated carbocycles. The molecule has 0 radical (unpaired) electrons. The number of nitrogens with one attached hydrogen (secondary N) is 1. The van der Waals surface area contributed by atoms with Gasteiger partial charge in [-0.15, -0.1) is 0 Å². The van der Waals surface area contributed by atoms with E-state index >= 15 is 0 Å². The number of aryl methyl sites for hydroxylation is 1. The van der Waals surface area contributed by atoms with Crippen LogP contribution in [0.25, 0.3) is 0 Å². The fourth-order valence-electron chi connectivity index (χ4n) is 2.19. The maximum atomic E-state index is 12.0. The molecule has 3 N–H and O–H groups in total. The van der Waals surface area contributed by atoms with Crippen LogP contribution in [0.2, 0.25) is 0 Å². The molecule has 0 unspecified atom stereocenters. The fraction of sp³-hybridized carbons (Fsp3) is 0.474. The van der Waals surface area contributed by atoms with Gasteiger partial charge in [-0.05, 0) is 30.7 Å². The predicted molar refractivity (Wildman–Crippen MR) is 100 cm³/mol. The van der Waals surface area contributed by atoms with Crippen LogP contribution < -0.4 is 15.8 Å². The van der Waals surface area contributed by atoms with E-state index in [0.717, 1.165) is 0 Å². The van der Waals surface area contributed by atoms with E-state index in [9.17, 15) is 9.59 Å². The van der Waals surface area contributed by atoms with Gasteiger partial charge in [-0.2, -0.15) is 4.98 Å². The van der Waals surface area contributed by atoms with E-state index in [1.165, 1.54) is 0 Å². The van der Waals surface area contributed by atoms with Crippen molar-refractivity contribution in [3.8, 4) is 5.75 Å². The third-order valence-electron chi connectivity index (χ3n) is 3.69. The molecule has 2 rings (SSSR count). The highest BCUT2D eigenvalue weighted by Crippen LogP contribution is 2.19. The minimum Gasteiger partial charge on any atom is -0.493 e. The SMILES string of the molecule is CC(C)(C)c1noc(CCCC(=O)Nc2ccc(OCCC(N)=O)cc2)n1. The maximum absolute atomic E-state index is 12.0. The van der Waals surface area contributed by atoms with Crippen molar-refractivity contribution in [2.75, 3.05) is 11.9 Å². The van der Waals surface area contributed by atoms with E-state index in [1.807, 2.05) is 20.8 Å². The van der Waals surface area contributed by atoms with Crippen LogP contribution in [-0.4, -0.2) is 28.6 Å². The zero-order valence-corrected chi connectivity index (χ0v) is 15.9. The summed E-state index contributed by atoms with van der Waals surface area (Å²) >= 11 is 0. The van der Waals surface area contributed by atoms with Gasteiger partial charge in [-0.3, -0.25) is 9.59 Å². The summed E-state index contributed by atoms with van der Waals surface area (Å²) in [7, 11) is 0. The predicted octanol–water partition coefficient (Wildman–Crippen LogP) is 2.58. The lowest BCUT2D eigenvalue weighted by atomic mass is 9.96. The molecule has 0 spiro atoms. The molecule has 0 saturated heterocycles. The molecule has 0 atom stereocenters. The second-order valence-corrected chi connectivity index (χ2v) is 7.25. The van der Waals surface area contributed by atoms with E-state index in [0.29, 0.717) is 42.4 Å². The molecule has 1 heterocycles. The van der Waals surface area contributed by atoms with Gasteiger partial charge < -0.3 is 20.3 Å². The van der Waals surface area contributed by atoms with Gasteiger partial charge in [0.05, 0.1) is 13.0 Å². The molecule has 27 heavy (non-hydrogen) atoms. The van der Waals surface area contributed by atoms with E-state index < -0.39 is 5.91 Å². The number of nitrogens with zero attached hydrogens (tertiary/aromatic N) is 2. The Labute approximate surface area is 158 Å². The molecule has 1 aromatic carbocycles. The Morgan fingerprint density at radius 2 is 1.89 bits per heavy atom. The summed E-state index contributed by atoms with van der Waals surface area (Å²) in [5, 5.41) is 6.79. The molecule has 8 heteroatoms. The van der Waals surface area contributed by atoms with E-state index in [-0.39, 0.29) is 24.3 Å². The van der Waals surface area contributed by atoms with Crippen molar-refractivity contribution in [3.05, 3.63) is 36.0 Å². The molecule has 2 amide bonds. The summed E-state index contributed by atoms with van der Waals surface area (Å²) in [6, 6.07) is 6.93. The van der Waals surface area contributed by atoms with Crippen LogP contribution in [-0.2, 0) is 21.4 Å². The topological polar surface area (TPSA) is 120 Å². The monoisotopic (exact) mass is 374 g/mol. The second kappa shape index (κ2) is 9.16. The van der Waals surface area contributed by atoms with E-state index in [4.69, 9.17) is 15.0 Å². The minimum atomic E-state index is -0.408. The molecule has 146 valence electrons. The van der Waals surface area contributed by atoms with Crippen LogP contribution in [0.5, 0.6) is 5.75 Å². The Kier molecular flexibility index (Phi) is 6.92. The third kappa shape index (κ3) is 7.08. The third-order valence-corrected chi connectivity index (χ3v) is 3.69. The van der Waals surface area contributed by atoms with Gasteiger partial charge in [0.15, 0.2) is 5.82 Å². The van der Waals surface area contributed by atoms with Gasteiger partial charge in [0.2, 0.25) is 17.7 Å². The number of rotatable bonds is 9. The van der Waals surface area contributed by atoms with Crippen molar-refractivity contribution >= 4 is 17.5 Å². The number of benzene rings is 1. The molecular weight excluding hydrogens is 348 g/mol. The number of carbonyl (C=O) groups is 2. The molecular formula is C19H26N4O4. The van der Waals surface area contributed by atoms with Crippen LogP contribution in [0, 0.1) is 0 Å². The van der Waals surface area contributed by atoms with Crippen molar-refractivity contribution in [2.24, 2.45) is 5.73 Å². The Bertz CT molecular complexity index is 763. The number of aromatic nitrogens is 2. The standard InChI is InChI=1S/C19H26N4O4/c1-19(2,3)18-22-17(27-23-18)6-4-5-16(25)21-13-7-9-14(10-8-13)26-12-11-15(20)24/h7-10H,4-6,11-12H2,1-3H3,(H2,20,24)(H,21,25). The number of carbonyl (C=O) groups excluding carboxylic acids is 2. The summed E-state index contributed by atoms with van der Waals surface area (Å²) in [4.78, 5) is 27.1.